The zero-order valence-corrected chi connectivity index (χ0v) is 8.36. The Balaban J connectivity index is 2.21. The molecule has 0 amide bonds. The third-order valence-corrected chi connectivity index (χ3v) is 2.27. The fourth-order valence-electron chi connectivity index (χ4n) is 1.48. The summed E-state index contributed by atoms with van der Waals surface area (Å²) in [4.78, 5) is 10.5. The van der Waals surface area contributed by atoms with Crippen molar-refractivity contribution in [1.29, 1.82) is 0 Å². The van der Waals surface area contributed by atoms with E-state index in [0.717, 1.165) is 17.5 Å². The summed E-state index contributed by atoms with van der Waals surface area (Å²) in [6, 6.07) is 1.89. The molecule has 2 heterocycles. The molecule has 2 N–H and O–H groups in total. The van der Waals surface area contributed by atoms with Gasteiger partial charge >= 0.3 is 0 Å². The smallest absolute Gasteiger partial charge is 0.134 e. The van der Waals surface area contributed by atoms with Crippen LogP contribution in [0.15, 0.2) is 6.07 Å². The predicted octanol–water partition coefficient (Wildman–Crippen LogP) is 0.00762. The van der Waals surface area contributed by atoms with E-state index in [0.29, 0.717) is 13.1 Å². The summed E-state index contributed by atoms with van der Waals surface area (Å²) in [6.07, 6.45) is -0.205. The molecule has 0 aromatic carbocycles. The lowest BCUT2D eigenvalue weighted by atomic mass is 10.2. The molecule has 0 radical (unpaired) electrons. The van der Waals surface area contributed by atoms with Gasteiger partial charge in [0.2, 0.25) is 0 Å². The minimum Gasteiger partial charge on any atom is -0.389 e. The molecule has 5 heteroatoms. The molecule has 1 aromatic heterocycles. The van der Waals surface area contributed by atoms with Crippen LogP contribution in [-0.4, -0.2) is 41.3 Å². The summed E-state index contributed by atoms with van der Waals surface area (Å²) >= 11 is 0. The molecule has 1 fully saturated rings. The van der Waals surface area contributed by atoms with Crippen molar-refractivity contribution in [3.63, 3.8) is 0 Å². The lowest BCUT2D eigenvalue weighted by Crippen LogP contribution is -2.51. The van der Waals surface area contributed by atoms with Gasteiger partial charge in [-0.2, -0.15) is 0 Å². The first-order valence-corrected chi connectivity index (χ1v) is 4.65. The lowest BCUT2D eigenvalue weighted by molar-refractivity contribution is 0.141. The van der Waals surface area contributed by atoms with Gasteiger partial charge in [0, 0.05) is 26.2 Å². The average Bonchev–Trinajstić information content (AvgIpc) is 2.12. The Kier molecular flexibility index (Phi) is 2.25. The van der Waals surface area contributed by atoms with Crippen molar-refractivity contribution in [3.05, 3.63) is 11.9 Å². The molecule has 0 spiro atoms. The van der Waals surface area contributed by atoms with Crippen molar-refractivity contribution in [2.75, 3.05) is 30.4 Å². The highest BCUT2D eigenvalue weighted by Crippen LogP contribution is 2.20. The average molecular weight is 194 g/mol. The molecule has 1 aliphatic rings. The fraction of sp³-hybridized carbons (Fsp3) is 0.556. The second-order valence-electron chi connectivity index (χ2n) is 3.47. The normalized spacial score (nSPS) is 16.6. The molecule has 0 saturated carbocycles. The van der Waals surface area contributed by atoms with Crippen molar-refractivity contribution >= 4 is 11.6 Å². The van der Waals surface area contributed by atoms with Gasteiger partial charge in [0.05, 0.1) is 6.10 Å². The topological polar surface area (TPSA) is 61.3 Å². The minimum atomic E-state index is -0.205. The van der Waals surface area contributed by atoms with E-state index < -0.39 is 0 Å². The number of aryl methyl sites for hydroxylation is 1. The SMILES string of the molecule is CNc1cc(N2CC(O)C2)nc(C)n1. The van der Waals surface area contributed by atoms with E-state index in [1.165, 1.54) is 0 Å². The molecule has 0 atom stereocenters. The largest absolute Gasteiger partial charge is 0.389 e. The van der Waals surface area contributed by atoms with Gasteiger partial charge in [0.1, 0.15) is 17.5 Å². The molecule has 5 nitrogen and oxygen atoms in total. The number of nitrogens with zero attached hydrogens (tertiary/aromatic N) is 3. The van der Waals surface area contributed by atoms with E-state index in [1.807, 2.05) is 24.9 Å². The number of nitrogens with one attached hydrogen (secondary N) is 1. The molecule has 1 aromatic rings. The van der Waals surface area contributed by atoms with E-state index in [4.69, 9.17) is 0 Å². The maximum absolute atomic E-state index is 9.17. The number of hydrogen-bond donors (Lipinski definition) is 2. The van der Waals surface area contributed by atoms with Crippen LogP contribution in [0.25, 0.3) is 0 Å². The first-order chi connectivity index (χ1) is 6.69. The molecular formula is C9H14N4O. The summed E-state index contributed by atoms with van der Waals surface area (Å²) in [6.45, 7) is 3.19. The maximum atomic E-state index is 9.17. The summed E-state index contributed by atoms with van der Waals surface area (Å²) in [7, 11) is 1.83. The van der Waals surface area contributed by atoms with Crippen molar-refractivity contribution < 1.29 is 5.11 Å². The van der Waals surface area contributed by atoms with Crippen LogP contribution < -0.4 is 10.2 Å². The Labute approximate surface area is 82.8 Å². The highest BCUT2D eigenvalue weighted by Gasteiger charge is 2.25. The second-order valence-corrected chi connectivity index (χ2v) is 3.47. The molecule has 2 rings (SSSR count). The predicted molar refractivity (Wildman–Crippen MR) is 54.5 cm³/mol. The van der Waals surface area contributed by atoms with Gasteiger partial charge < -0.3 is 15.3 Å². The summed E-state index contributed by atoms with van der Waals surface area (Å²) in [5.74, 6) is 2.44. The van der Waals surface area contributed by atoms with E-state index in [2.05, 4.69) is 15.3 Å². The monoisotopic (exact) mass is 194 g/mol. The second kappa shape index (κ2) is 3.42. The number of hydrogen-bond acceptors (Lipinski definition) is 5. The van der Waals surface area contributed by atoms with Crippen LogP contribution in [0, 0.1) is 6.92 Å². The van der Waals surface area contributed by atoms with Crippen LogP contribution in [0.3, 0.4) is 0 Å². The van der Waals surface area contributed by atoms with Crippen LogP contribution >= 0.6 is 0 Å². The van der Waals surface area contributed by atoms with Crippen LogP contribution in [0.2, 0.25) is 0 Å². The molecule has 14 heavy (non-hydrogen) atoms. The Hall–Kier alpha value is -1.36. The third-order valence-electron chi connectivity index (χ3n) is 2.27. The van der Waals surface area contributed by atoms with E-state index in [1.54, 1.807) is 0 Å². The Morgan fingerprint density at radius 3 is 2.79 bits per heavy atom. The number of rotatable bonds is 2. The molecule has 76 valence electrons. The van der Waals surface area contributed by atoms with E-state index in [9.17, 15) is 5.11 Å². The molecule has 1 saturated heterocycles. The van der Waals surface area contributed by atoms with Gasteiger partial charge in [-0.3, -0.25) is 0 Å². The standard InChI is InChI=1S/C9H14N4O/c1-6-11-8(10-2)3-9(12-6)13-4-7(14)5-13/h3,7,14H,4-5H2,1-2H3,(H,10,11,12). The van der Waals surface area contributed by atoms with Gasteiger partial charge in [-0.25, -0.2) is 9.97 Å². The highest BCUT2D eigenvalue weighted by atomic mass is 16.3. The zero-order chi connectivity index (χ0) is 10.1. The molecule has 0 bridgehead atoms. The number of aliphatic hydroxyl groups excluding tert-OH is 1. The number of anilines is 2. The lowest BCUT2D eigenvalue weighted by Gasteiger charge is -2.36. The molecule has 1 aliphatic heterocycles. The first kappa shape index (κ1) is 9.21. The quantitative estimate of drug-likeness (QED) is 0.694. The van der Waals surface area contributed by atoms with Crippen LogP contribution in [-0.2, 0) is 0 Å². The van der Waals surface area contributed by atoms with Crippen LogP contribution in [0.5, 0.6) is 0 Å². The van der Waals surface area contributed by atoms with Gasteiger partial charge in [0.25, 0.3) is 0 Å². The van der Waals surface area contributed by atoms with Gasteiger partial charge in [0.15, 0.2) is 0 Å². The van der Waals surface area contributed by atoms with Crippen molar-refractivity contribution in [1.82, 2.24) is 9.97 Å². The number of β-amino-alcohol motifs (C(OH)–C–C–N with tert-alkyl or cyclic N) is 1. The fourth-order valence-corrected chi connectivity index (χ4v) is 1.48. The Bertz CT molecular complexity index is 336. The molecule has 0 aliphatic carbocycles. The number of aliphatic hydroxyl groups is 1. The van der Waals surface area contributed by atoms with Crippen molar-refractivity contribution in [2.45, 2.75) is 13.0 Å². The van der Waals surface area contributed by atoms with Crippen LogP contribution in [0.4, 0.5) is 11.6 Å². The van der Waals surface area contributed by atoms with Crippen LogP contribution in [0.1, 0.15) is 5.82 Å². The Morgan fingerprint density at radius 1 is 1.50 bits per heavy atom. The van der Waals surface area contributed by atoms with E-state index >= 15 is 0 Å². The molecular weight excluding hydrogens is 180 g/mol. The van der Waals surface area contributed by atoms with E-state index in [-0.39, 0.29) is 6.10 Å². The summed E-state index contributed by atoms with van der Waals surface area (Å²) in [5.41, 5.74) is 0. The Morgan fingerprint density at radius 2 is 2.21 bits per heavy atom. The van der Waals surface area contributed by atoms with Gasteiger partial charge in [-0.1, -0.05) is 0 Å². The van der Waals surface area contributed by atoms with Gasteiger partial charge in [-0.05, 0) is 6.92 Å². The summed E-state index contributed by atoms with van der Waals surface area (Å²) in [5, 5.41) is 12.2. The highest BCUT2D eigenvalue weighted by molar-refractivity contribution is 5.50. The maximum Gasteiger partial charge on any atom is 0.134 e. The third kappa shape index (κ3) is 1.63. The van der Waals surface area contributed by atoms with Crippen molar-refractivity contribution in [2.24, 2.45) is 0 Å². The summed E-state index contributed by atoms with van der Waals surface area (Å²) < 4.78 is 0. The van der Waals surface area contributed by atoms with Crippen molar-refractivity contribution in [3.8, 4) is 0 Å². The van der Waals surface area contributed by atoms with Gasteiger partial charge in [-0.15, -0.1) is 0 Å². The number of aromatic nitrogens is 2. The first-order valence-electron chi connectivity index (χ1n) is 4.65. The zero-order valence-electron chi connectivity index (χ0n) is 8.36. The minimum absolute atomic E-state index is 0.205. The molecule has 0 unspecified atom stereocenters.